The number of rotatable bonds is 6. The van der Waals surface area contributed by atoms with Crippen LogP contribution in [0.25, 0.3) is 16.3 Å². The largest absolute Gasteiger partial charge is 0.496 e. The quantitative estimate of drug-likeness (QED) is 0.447. The van der Waals surface area contributed by atoms with Crippen molar-refractivity contribution < 1.29 is 14.3 Å². The highest BCUT2D eigenvalue weighted by atomic mass is 16.5. The van der Waals surface area contributed by atoms with Crippen molar-refractivity contribution in [1.82, 2.24) is 9.88 Å². The van der Waals surface area contributed by atoms with E-state index in [2.05, 4.69) is 10.3 Å². The van der Waals surface area contributed by atoms with Gasteiger partial charge in [0.05, 0.1) is 24.9 Å². The normalized spacial score (nSPS) is 13.7. The summed E-state index contributed by atoms with van der Waals surface area (Å²) in [4.78, 5) is 32.6. The fourth-order valence-electron chi connectivity index (χ4n) is 4.06. The summed E-state index contributed by atoms with van der Waals surface area (Å²) in [7, 11) is 1.55. The molecule has 0 saturated carbocycles. The number of amides is 2. The second-order valence-corrected chi connectivity index (χ2v) is 7.62. The first kappa shape index (κ1) is 20.5. The number of carbonyl (C=O) groups is 2. The van der Waals surface area contributed by atoms with Crippen LogP contribution in [-0.2, 0) is 16.1 Å². The predicted molar refractivity (Wildman–Crippen MR) is 127 cm³/mol. The average molecular weight is 435 g/mol. The van der Waals surface area contributed by atoms with E-state index in [1.165, 1.54) is 4.90 Å². The Morgan fingerprint density at radius 1 is 0.848 bits per heavy atom. The lowest BCUT2D eigenvalue weighted by Gasteiger charge is -2.15. The maximum atomic E-state index is 13.6. The molecular weight excluding hydrogens is 414 g/mol. The van der Waals surface area contributed by atoms with Crippen LogP contribution in [0.15, 0.2) is 96.8 Å². The summed E-state index contributed by atoms with van der Waals surface area (Å²) in [5.74, 6) is -0.275. The summed E-state index contributed by atoms with van der Waals surface area (Å²) in [5.41, 5.74) is 2.43. The number of imide groups is 1. The third-order valence-corrected chi connectivity index (χ3v) is 5.64. The lowest BCUT2D eigenvalue weighted by atomic mass is 10.0. The van der Waals surface area contributed by atoms with Crippen molar-refractivity contribution in [2.75, 3.05) is 12.4 Å². The number of aromatic nitrogens is 1. The number of para-hydroxylation sites is 1. The smallest absolute Gasteiger partial charge is 0.278 e. The van der Waals surface area contributed by atoms with Crippen LogP contribution in [0.5, 0.6) is 5.75 Å². The van der Waals surface area contributed by atoms with Gasteiger partial charge in [-0.15, -0.1) is 0 Å². The number of hydrogen-bond acceptors (Lipinski definition) is 5. The average Bonchev–Trinajstić information content (AvgIpc) is 3.09. The highest BCUT2D eigenvalue weighted by molar-refractivity contribution is 6.37. The Morgan fingerprint density at radius 3 is 2.42 bits per heavy atom. The molecular formula is C27H21N3O3. The minimum absolute atomic E-state index is 0.0812. The molecule has 0 spiro atoms. The number of pyridine rings is 1. The Bertz CT molecular complexity index is 1390. The van der Waals surface area contributed by atoms with Gasteiger partial charge in [0.1, 0.15) is 11.4 Å². The van der Waals surface area contributed by atoms with Gasteiger partial charge >= 0.3 is 0 Å². The Balaban J connectivity index is 1.63. The van der Waals surface area contributed by atoms with Crippen molar-refractivity contribution in [2.45, 2.75) is 6.54 Å². The molecule has 0 saturated heterocycles. The molecule has 3 aromatic carbocycles. The van der Waals surface area contributed by atoms with Crippen molar-refractivity contribution in [1.29, 1.82) is 0 Å². The first-order chi connectivity index (χ1) is 16.2. The Kier molecular flexibility index (Phi) is 5.32. The number of fused-ring (bicyclic) bond motifs is 1. The first-order valence-electron chi connectivity index (χ1n) is 10.6. The lowest BCUT2D eigenvalue weighted by Crippen LogP contribution is -2.32. The summed E-state index contributed by atoms with van der Waals surface area (Å²) in [5, 5.41) is 5.26. The number of anilines is 1. The van der Waals surface area contributed by atoms with E-state index in [0.717, 1.165) is 16.5 Å². The number of carbonyl (C=O) groups excluding carboxylic acids is 2. The van der Waals surface area contributed by atoms with Gasteiger partial charge in [-0.1, -0.05) is 60.7 Å². The van der Waals surface area contributed by atoms with Crippen molar-refractivity contribution in [2.24, 2.45) is 0 Å². The number of ether oxygens (including phenoxy) is 1. The van der Waals surface area contributed by atoms with Gasteiger partial charge in [0.25, 0.3) is 11.8 Å². The van der Waals surface area contributed by atoms with Gasteiger partial charge in [0, 0.05) is 22.8 Å². The summed E-state index contributed by atoms with van der Waals surface area (Å²) < 4.78 is 5.51. The summed E-state index contributed by atoms with van der Waals surface area (Å²) in [6.07, 6.45) is 1.64. The fourth-order valence-corrected chi connectivity index (χ4v) is 4.06. The monoisotopic (exact) mass is 435 g/mol. The van der Waals surface area contributed by atoms with Gasteiger partial charge in [0.2, 0.25) is 0 Å². The molecule has 5 rings (SSSR count). The molecule has 33 heavy (non-hydrogen) atoms. The Hall–Kier alpha value is -4.45. The molecule has 1 N–H and O–H groups in total. The molecule has 1 aliphatic heterocycles. The number of hydrogen-bond donors (Lipinski definition) is 1. The number of benzene rings is 3. The van der Waals surface area contributed by atoms with Crippen molar-refractivity contribution in [3.8, 4) is 5.75 Å². The zero-order chi connectivity index (χ0) is 22.8. The fraction of sp³-hybridized carbons (Fsp3) is 0.0741. The minimum atomic E-state index is -0.403. The van der Waals surface area contributed by atoms with E-state index in [1.54, 1.807) is 37.6 Å². The molecule has 0 aliphatic carbocycles. The molecule has 4 aromatic rings. The molecule has 162 valence electrons. The van der Waals surface area contributed by atoms with Crippen LogP contribution in [0.3, 0.4) is 0 Å². The molecule has 6 heteroatoms. The van der Waals surface area contributed by atoms with E-state index in [9.17, 15) is 9.59 Å². The van der Waals surface area contributed by atoms with Crippen LogP contribution >= 0.6 is 0 Å². The molecule has 2 heterocycles. The van der Waals surface area contributed by atoms with Crippen LogP contribution < -0.4 is 10.1 Å². The number of nitrogens with zero attached hydrogens (tertiary/aromatic N) is 2. The van der Waals surface area contributed by atoms with Crippen molar-refractivity contribution in [3.63, 3.8) is 0 Å². The molecule has 1 aliphatic rings. The zero-order valence-corrected chi connectivity index (χ0v) is 18.0. The van der Waals surface area contributed by atoms with E-state index in [-0.39, 0.29) is 17.8 Å². The van der Waals surface area contributed by atoms with Crippen LogP contribution in [0.1, 0.15) is 11.3 Å². The maximum absolute atomic E-state index is 13.6. The minimum Gasteiger partial charge on any atom is -0.496 e. The van der Waals surface area contributed by atoms with Crippen LogP contribution in [0.2, 0.25) is 0 Å². The predicted octanol–water partition coefficient (Wildman–Crippen LogP) is 4.64. The summed E-state index contributed by atoms with van der Waals surface area (Å²) in [6, 6.07) is 26.3. The van der Waals surface area contributed by atoms with Crippen LogP contribution in [0.4, 0.5) is 5.69 Å². The molecule has 0 atom stereocenters. The molecule has 0 fully saturated rings. The number of methoxy groups -OCH3 is 1. The third-order valence-electron chi connectivity index (χ3n) is 5.64. The standard InChI is InChI=1S/C27H21N3O3/c1-33-23-15-5-4-13-21(23)24-25(29-22-14-8-10-18-9-2-3-12-20(18)22)27(32)30(26(24)31)17-19-11-6-7-16-28-19/h2-16,29H,17H2,1H3. The molecule has 2 amide bonds. The number of nitrogens with one attached hydrogen (secondary N) is 1. The first-order valence-corrected chi connectivity index (χ1v) is 10.6. The topological polar surface area (TPSA) is 71.5 Å². The zero-order valence-electron chi connectivity index (χ0n) is 18.0. The summed E-state index contributed by atoms with van der Waals surface area (Å²) >= 11 is 0. The van der Waals surface area contributed by atoms with Gasteiger partial charge in [0.15, 0.2) is 0 Å². The highest BCUT2D eigenvalue weighted by Crippen LogP contribution is 2.36. The van der Waals surface area contributed by atoms with Crippen LogP contribution in [-0.4, -0.2) is 28.8 Å². The van der Waals surface area contributed by atoms with E-state index >= 15 is 0 Å². The molecule has 0 bridgehead atoms. The Labute approximate surface area is 191 Å². The van der Waals surface area contributed by atoms with E-state index in [0.29, 0.717) is 17.0 Å². The van der Waals surface area contributed by atoms with Crippen molar-refractivity contribution in [3.05, 3.63) is 108 Å². The maximum Gasteiger partial charge on any atom is 0.278 e. The van der Waals surface area contributed by atoms with Gasteiger partial charge in [-0.2, -0.15) is 0 Å². The van der Waals surface area contributed by atoms with Gasteiger partial charge < -0.3 is 10.1 Å². The molecule has 6 nitrogen and oxygen atoms in total. The van der Waals surface area contributed by atoms with Gasteiger partial charge in [-0.25, -0.2) is 0 Å². The van der Waals surface area contributed by atoms with Crippen LogP contribution in [0, 0.1) is 0 Å². The second kappa shape index (κ2) is 8.59. The van der Waals surface area contributed by atoms with Gasteiger partial charge in [-0.3, -0.25) is 19.5 Å². The van der Waals surface area contributed by atoms with Gasteiger partial charge in [-0.05, 0) is 29.7 Å². The molecule has 1 aromatic heterocycles. The SMILES string of the molecule is COc1ccccc1C1=C(Nc2cccc3ccccc23)C(=O)N(Cc2ccccn2)C1=O. The second-order valence-electron chi connectivity index (χ2n) is 7.62. The lowest BCUT2D eigenvalue weighted by molar-refractivity contribution is -0.137. The van der Waals surface area contributed by atoms with E-state index < -0.39 is 11.8 Å². The molecule has 0 radical (unpaired) electrons. The third kappa shape index (κ3) is 3.72. The van der Waals surface area contributed by atoms with E-state index in [4.69, 9.17) is 4.74 Å². The molecule has 0 unspecified atom stereocenters. The van der Waals surface area contributed by atoms with E-state index in [1.807, 2.05) is 60.7 Å². The highest BCUT2D eigenvalue weighted by Gasteiger charge is 2.40. The Morgan fingerprint density at radius 2 is 1.61 bits per heavy atom. The van der Waals surface area contributed by atoms with Crippen molar-refractivity contribution >= 4 is 33.8 Å². The summed E-state index contributed by atoms with van der Waals surface area (Å²) in [6.45, 7) is 0.0812.